The highest BCUT2D eigenvalue weighted by atomic mass is 35.5. The zero-order valence-electron chi connectivity index (χ0n) is 16.1. The van der Waals surface area contributed by atoms with E-state index in [9.17, 15) is 14.4 Å². The Morgan fingerprint density at radius 2 is 1.50 bits per heavy atom. The van der Waals surface area contributed by atoms with Crippen molar-refractivity contribution < 1.29 is 28.6 Å². The SMILES string of the molecule is COc1ccc(/C=C2\C(=O)NC(=O)N(c3cc(OC)c(Cl)cc3OC)C2=O)cc1Cl. The van der Waals surface area contributed by atoms with Crippen LogP contribution < -0.4 is 24.4 Å². The monoisotopic (exact) mass is 450 g/mol. The summed E-state index contributed by atoms with van der Waals surface area (Å²) >= 11 is 12.2. The minimum atomic E-state index is -0.933. The topological polar surface area (TPSA) is 94.2 Å². The number of hydrogen-bond acceptors (Lipinski definition) is 6. The molecule has 0 radical (unpaired) electrons. The molecule has 1 saturated heterocycles. The van der Waals surface area contributed by atoms with Crippen LogP contribution in [-0.4, -0.2) is 39.2 Å². The highest BCUT2D eigenvalue weighted by Gasteiger charge is 2.38. The van der Waals surface area contributed by atoms with E-state index in [2.05, 4.69) is 5.32 Å². The van der Waals surface area contributed by atoms with Crippen molar-refractivity contribution in [1.29, 1.82) is 0 Å². The fourth-order valence-electron chi connectivity index (χ4n) is 2.83. The summed E-state index contributed by atoms with van der Waals surface area (Å²) in [6, 6.07) is 6.58. The van der Waals surface area contributed by atoms with Crippen molar-refractivity contribution in [1.82, 2.24) is 5.32 Å². The summed E-state index contributed by atoms with van der Waals surface area (Å²) in [5.41, 5.74) is 0.258. The Morgan fingerprint density at radius 3 is 2.10 bits per heavy atom. The van der Waals surface area contributed by atoms with Gasteiger partial charge in [0, 0.05) is 12.1 Å². The van der Waals surface area contributed by atoms with Crippen LogP contribution in [0.1, 0.15) is 5.56 Å². The van der Waals surface area contributed by atoms with Crippen LogP contribution in [0, 0.1) is 0 Å². The maximum absolute atomic E-state index is 13.1. The molecule has 10 heteroatoms. The molecule has 0 spiro atoms. The van der Waals surface area contributed by atoms with Crippen LogP contribution in [0.25, 0.3) is 6.08 Å². The number of anilines is 1. The van der Waals surface area contributed by atoms with Crippen molar-refractivity contribution in [3.8, 4) is 17.2 Å². The molecule has 1 fully saturated rings. The van der Waals surface area contributed by atoms with Gasteiger partial charge in [0.25, 0.3) is 11.8 Å². The molecule has 1 N–H and O–H groups in total. The molecule has 156 valence electrons. The molecule has 30 heavy (non-hydrogen) atoms. The molecular weight excluding hydrogens is 435 g/mol. The zero-order chi connectivity index (χ0) is 22.0. The van der Waals surface area contributed by atoms with Gasteiger partial charge < -0.3 is 14.2 Å². The highest BCUT2D eigenvalue weighted by Crippen LogP contribution is 2.39. The lowest BCUT2D eigenvalue weighted by Crippen LogP contribution is -2.54. The highest BCUT2D eigenvalue weighted by molar-refractivity contribution is 6.40. The zero-order valence-corrected chi connectivity index (χ0v) is 17.6. The van der Waals surface area contributed by atoms with E-state index in [1.807, 2.05) is 0 Å². The molecule has 3 rings (SSSR count). The number of urea groups is 1. The van der Waals surface area contributed by atoms with Gasteiger partial charge in [-0.25, -0.2) is 9.69 Å². The van der Waals surface area contributed by atoms with E-state index in [4.69, 9.17) is 37.4 Å². The molecule has 0 saturated carbocycles. The molecule has 0 bridgehead atoms. The van der Waals surface area contributed by atoms with E-state index in [1.54, 1.807) is 12.1 Å². The van der Waals surface area contributed by atoms with Crippen molar-refractivity contribution in [2.24, 2.45) is 0 Å². The fraction of sp³-hybridized carbons (Fsp3) is 0.150. The standard InChI is InChI=1S/C20H16Cl2N2O6/c1-28-15-5-4-10(7-12(15)21)6-11-18(25)23-20(27)24(19(11)26)14-9-16(29-2)13(22)8-17(14)30-3/h4-9H,1-3H3,(H,23,25,27)/b11-6+. The van der Waals surface area contributed by atoms with Crippen LogP contribution in [0.3, 0.4) is 0 Å². The molecule has 2 aromatic rings. The summed E-state index contributed by atoms with van der Waals surface area (Å²) in [5.74, 6) is -0.887. The molecule has 4 amide bonds. The van der Waals surface area contributed by atoms with Gasteiger partial charge in [-0.05, 0) is 23.8 Å². The van der Waals surface area contributed by atoms with Crippen molar-refractivity contribution in [2.75, 3.05) is 26.2 Å². The van der Waals surface area contributed by atoms with Crippen LogP contribution in [0.4, 0.5) is 10.5 Å². The number of rotatable bonds is 5. The predicted octanol–water partition coefficient (Wildman–Crippen LogP) is 3.69. The lowest BCUT2D eigenvalue weighted by atomic mass is 10.1. The number of hydrogen-bond donors (Lipinski definition) is 1. The average molecular weight is 451 g/mol. The molecule has 0 aromatic heterocycles. The van der Waals surface area contributed by atoms with E-state index in [1.165, 1.54) is 45.6 Å². The third-order valence-electron chi connectivity index (χ3n) is 4.28. The summed E-state index contributed by atoms with van der Waals surface area (Å²) in [7, 11) is 4.21. The van der Waals surface area contributed by atoms with Gasteiger partial charge in [-0.3, -0.25) is 14.9 Å². The molecule has 1 heterocycles. The van der Waals surface area contributed by atoms with E-state index in [-0.39, 0.29) is 27.8 Å². The summed E-state index contributed by atoms with van der Waals surface area (Å²) < 4.78 is 15.5. The van der Waals surface area contributed by atoms with Crippen LogP contribution in [0.15, 0.2) is 35.9 Å². The number of carbonyl (C=O) groups excluding carboxylic acids is 3. The first-order valence-electron chi connectivity index (χ1n) is 8.47. The third kappa shape index (κ3) is 3.92. The minimum Gasteiger partial charge on any atom is -0.495 e. The van der Waals surface area contributed by atoms with Crippen molar-refractivity contribution in [3.63, 3.8) is 0 Å². The van der Waals surface area contributed by atoms with E-state index in [0.717, 1.165) is 4.90 Å². The largest absolute Gasteiger partial charge is 0.495 e. The number of nitrogens with one attached hydrogen (secondary N) is 1. The lowest BCUT2D eigenvalue weighted by molar-refractivity contribution is -0.122. The fourth-order valence-corrected chi connectivity index (χ4v) is 3.33. The second-order valence-corrected chi connectivity index (χ2v) is 6.82. The van der Waals surface area contributed by atoms with Gasteiger partial charge in [0.2, 0.25) is 0 Å². The van der Waals surface area contributed by atoms with Gasteiger partial charge in [-0.15, -0.1) is 0 Å². The van der Waals surface area contributed by atoms with Gasteiger partial charge in [-0.2, -0.15) is 0 Å². The first-order valence-corrected chi connectivity index (χ1v) is 9.22. The molecule has 2 aromatic carbocycles. The van der Waals surface area contributed by atoms with Gasteiger partial charge in [0.15, 0.2) is 0 Å². The Bertz CT molecular complexity index is 1080. The number of carbonyl (C=O) groups is 3. The first kappa shape index (κ1) is 21.5. The normalized spacial score (nSPS) is 15.3. The van der Waals surface area contributed by atoms with Crippen LogP contribution >= 0.6 is 23.2 Å². The van der Waals surface area contributed by atoms with Crippen molar-refractivity contribution in [2.45, 2.75) is 0 Å². The second-order valence-electron chi connectivity index (χ2n) is 6.01. The lowest BCUT2D eigenvalue weighted by Gasteiger charge is -2.28. The van der Waals surface area contributed by atoms with Gasteiger partial charge in [-0.1, -0.05) is 29.3 Å². The van der Waals surface area contributed by atoms with E-state index >= 15 is 0 Å². The summed E-state index contributed by atoms with van der Waals surface area (Å²) in [6.45, 7) is 0. The third-order valence-corrected chi connectivity index (χ3v) is 4.87. The molecule has 0 unspecified atom stereocenters. The number of amides is 4. The Morgan fingerprint density at radius 1 is 0.867 bits per heavy atom. The van der Waals surface area contributed by atoms with E-state index in [0.29, 0.717) is 16.3 Å². The van der Waals surface area contributed by atoms with E-state index < -0.39 is 17.8 Å². The van der Waals surface area contributed by atoms with Gasteiger partial charge >= 0.3 is 6.03 Å². The number of methoxy groups -OCH3 is 3. The summed E-state index contributed by atoms with van der Waals surface area (Å²) in [4.78, 5) is 38.7. The number of imide groups is 2. The van der Waals surface area contributed by atoms with Gasteiger partial charge in [0.05, 0.1) is 37.1 Å². The van der Waals surface area contributed by atoms with Crippen molar-refractivity contribution in [3.05, 3.63) is 51.5 Å². The number of halogens is 2. The first-order chi connectivity index (χ1) is 14.3. The number of barbiturate groups is 1. The Balaban J connectivity index is 2.08. The quantitative estimate of drug-likeness (QED) is 0.551. The van der Waals surface area contributed by atoms with Crippen LogP contribution in [-0.2, 0) is 9.59 Å². The molecule has 1 aliphatic heterocycles. The van der Waals surface area contributed by atoms with Crippen molar-refractivity contribution >= 4 is 52.8 Å². The molecule has 0 atom stereocenters. The smallest absolute Gasteiger partial charge is 0.336 e. The molecule has 8 nitrogen and oxygen atoms in total. The Hall–Kier alpha value is -3.23. The van der Waals surface area contributed by atoms with Crippen LogP contribution in [0.5, 0.6) is 17.2 Å². The number of nitrogens with zero attached hydrogens (tertiary/aromatic N) is 1. The maximum atomic E-state index is 13.1. The minimum absolute atomic E-state index is 0.0624. The second kappa shape index (κ2) is 8.64. The van der Waals surface area contributed by atoms with Crippen LogP contribution in [0.2, 0.25) is 10.0 Å². The molecule has 0 aliphatic carbocycles. The average Bonchev–Trinajstić information content (AvgIpc) is 2.71. The summed E-state index contributed by atoms with van der Waals surface area (Å²) in [5, 5.41) is 2.66. The number of benzene rings is 2. The Labute approximate surface area is 181 Å². The Kier molecular flexibility index (Phi) is 6.19. The number of ether oxygens (including phenoxy) is 3. The summed E-state index contributed by atoms with van der Waals surface area (Å²) in [6.07, 6.45) is 1.32. The maximum Gasteiger partial charge on any atom is 0.336 e. The van der Waals surface area contributed by atoms with Gasteiger partial charge in [0.1, 0.15) is 22.8 Å². The predicted molar refractivity (Wildman–Crippen MR) is 112 cm³/mol. The molecular formula is C20H16Cl2N2O6. The molecule has 1 aliphatic rings.